The van der Waals surface area contributed by atoms with E-state index < -0.39 is 0 Å². The Balaban J connectivity index is 1.44. The molecule has 0 saturated carbocycles. The second-order valence-corrected chi connectivity index (χ2v) is 6.97. The normalized spacial score (nSPS) is 10.8. The molecule has 0 aliphatic heterocycles. The van der Waals surface area contributed by atoms with Crippen LogP contribution >= 0.6 is 11.8 Å². The number of para-hydroxylation sites is 2. The summed E-state index contributed by atoms with van der Waals surface area (Å²) in [4.78, 5) is 24.7. The lowest BCUT2D eigenvalue weighted by atomic mass is 10.1. The lowest BCUT2D eigenvalue weighted by Gasteiger charge is -2.09. The number of pyridine rings is 1. The summed E-state index contributed by atoms with van der Waals surface area (Å²) in [5, 5.41) is 3.79. The molecule has 2 heterocycles. The van der Waals surface area contributed by atoms with Crippen LogP contribution in [-0.4, -0.2) is 20.9 Å². The smallest absolute Gasteiger partial charge is 0.251 e. The Labute approximate surface area is 161 Å². The van der Waals surface area contributed by atoms with Crippen molar-refractivity contribution in [3.8, 4) is 0 Å². The third-order valence-electron chi connectivity index (χ3n) is 4.15. The molecule has 27 heavy (non-hydrogen) atoms. The Morgan fingerprint density at radius 3 is 2.67 bits per heavy atom. The van der Waals surface area contributed by atoms with Gasteiger partial charge >= 0.3 is 0 Å². The van der Waals surface area contributed by atoms with Crippen molar-refractivity contribution in [3.05, 3.63) is 89.7 Å². The monoisotopic (exact) mass is 374 g/mol. The van der Waals surface area contributed by atoms with Crippen LogP contribution in [0, 0.1) is 0 Å². The number of carbonyl (C=O) groups excluding carboxylic acids is 1. The molecule has 0 fully saturated rings. The van der Waals surface area contributed by atoms with Crippen LogP contribution in [0.2, 0.25) is 0 Å². The van der Waals surface area contributed by atoms with Gasteiger partial charge in [-0.15, -0.1) is 0 Å². The number of amides is 1. The van der Waals surface area contributed by atoms with Crippen molar-refractivity contribution in [1.29, 1.82) is 0 Å². The quantitative estimate of drug-likeness (QED) is 0.497. The highest BCUT2D eigenvalue weighted by Crippen LogP contribution is 2.24. The third-order valence-corrected chi connectivity index (χ3v) is 5.07. The Hall–Kier alpha value is -3.12. The summed E-state index contributed by atoms with van der Waals surface area (Å²) >= 11 is 1.59. The summed E-state index contributed by atoms with van der Waals surface area (Å²) in [6.45, 7) is 0.407. The fourth-order valence-corrected chi connectivity index (χ4v) is 3.67. The second-order valence-electron chi connectivity index (χ2n) is 6.01. The van der Waals surface area contributed by atoms with E-state index in [1.165, 1.54) is 0 Å². The number of nitrogens with zero attached hydrogens (tertiary/aromatic N) is 2. The number of benzene rings is 2. The molecule has 5 nitrogen and oxygen atoms in total. The molecule has 6 heteroatoms. The molecule has 0 spiro atoms. The van der Waals surface area contributed by atoms with E-state index in [-0.39, 0.29) is 5.91 Å². The first-order valence-electron chi connectivity index (χ1n) is 8.63. The first-order chi connectivity index (χ1) is 13.3. The van der Waals surface area contributed by atoms with Crippen LogP contribution in [0.3, 0.4) is 0 Å². The summed E-state index contributed by atoms with van der Waals surface area (Å²) < 4.78 is 0. The lowest BCUT2D eigenvalue weighted by molar-refractivity contribution is 0.0949. The minimum atomic E-state index is -0.0959. The maximum absolute atomic E-state index is 12.6. The van der Waals surface area contributed by atoms with Crippen LogP contribution in [0.4, 0.5) is 0 Å². The van der Waals surface area contributed by atoms with Crippen molar-refractivity contribution in [2.45, 2.75) is 17.5 Å². The number of H-pyrrole nitrogens is 1. The number of aromatic amines is 1. The summed E-state index contributed by atoms with van der Waals surface area (Å²) in [5.74, 6) is 0.564. The summed E-state index contributed by atoms with van der Waals surface area (Å²) in [7, 11) is 0. The number of carbonyl (C=O) groups is 1. The molecule has 4 aromatic rings. The van der Waals surface area contributed by atoms with Crippen molar-refractivity contribution < 1.29 is 4.79 Å². The van der Waals surface area contributed by atoms with Gasteiger partial charge in [-0.3, -0.25) is 9.78 Å². The molecule has 2 N–H and O–H groups in total. The zero-order valence-corrected chi connectivity index (χ0v) is 15.4. The van der Waals surface area contributed by atoms with Gasteiger partial charge in [0, 0.05) is 17.5 Å². The van der Waals surface area contributed by atoms with E-state index >= 15 is 0 Å². The van der Waals surface area contributed by atoms with Crippen LogP contribution in [0.5, 0.6) is 0 Å². The molecule has 0 saturated heterocycles. The minimum Gasteiger partial charge on any atom is -0.346 e. The van der Waals surface area contributed by atoms with E-state index in [0.29, 0.717) is 17.9 Å². The Morgan fingerprint density at radius 2 is 1.81 bits per heavy atom. The molecular formula is C21H18N4OS. The van der Waals surface area contributed by atoms with E-state index in [2.05, 4.69) is 20.3 Å². The van der Waals surface area contributed by atoms with E-state index in [1.54, 1.807) is 18.0 Å². The second kappa shape index (κ2) is 8.05. The van der Waals surface area contributed by atoms with Crippen LogP contribution in [0.1, 0.15) is 21.6 Å². The Bertz CT molecular complexity index is 1030. The Morgan fingerprint density at radius 1 is 1.00 bits per heavy atom. The van der Waals surface area contributed by atoms with Crippen molar-refractivity contribution in [2.24, 2.45) is 0 Å². The molecule has 2 aromatic heterocycles. The predicted octanol–water partition coefficient (Wildman–Crippen LogP) is 4.18. The van der Waals surface area contributed by atoms with Gasteiger partial charge in [-0.1, -0.05) is 48.2 Å². The van der Waals surface area contributed by atoms with Crippen LogP contribution in [0.15, 0.2) is 78.1 Å². The Kier molecular flexibility index (Phi) is 5.16. The number of aromatic nitrogens is 3. The maximum Gasteiger partial charge on any atom is 0.251 e. The van der Waals surface area contributed by atoms with Crippen LogP contribution in [-0.2, 0) is 12.3 Å². The molecule has 0 atom stereocenters. The van der Waals surface area contributed by atoms with Gasteiger partial charge in [-0.05, 0) is 35.9 Å². The van der Waals surface area contributed by atoms with Crippen molar-refractivity contribution in [1.82, 2.24) is 20.3 Å². The number of hydrogen-bond acceptors (Lipinski definition) is 4. The van der Waals surface area contributed by atoms with Gasteiger partial charge in [0.15, 0.2) is 5.16 Å². The molecule has 4 rings (SSSR count). The molecule has 0 bridgehead atoms. The first-order valence-corrected chi connectivity index (χ1v) is 9.62. The zero-order valence-electron chi connectivity index (χ0n) is 14.6. The van der Waals surface area contributed by atoms with Gasteiger partial charge in [0.05, 0.1) is 23.3 Å². The predicted molar refractivity (Wildman–Crippen MR) is 108 cm³/mol. The maximum atomic E-state index is 12.6. The highest BCUT2D eigenvalue weighted by atomic mass is 32.2. The van der Waals surface area contributed by atoms with Gasteiger partial charge in [0.2, 0.25) is 0 Å². The number of fused-ring (bicyclic) bond motifs is 1. The average Bonchev–Trinajstić information content (AvgIpc) is 3.14. The molecule has 0 aliphatic carbocycles. The van der Waals surface area contributed by atoms with Crippen LogP contribution < -0.4 is 5.32 Å². The zero-order chi connectivity index (χ0) is 18.5. The van der Waals surface area contributed by atoms with Gasteiger partial charge in [-0.2, -0.15) is 0 Å². The lowest BCUT2D eigenvalue weighted by Crippen LogP contribution is -2.24. The number of rotatable bonds is 6. The number of nitrogens with one attached hydrogen (secondary N) is 2. The molecule has 2 aromatic carbocycles. The van der Waals surface area contributed by atoms with Crippen LogP contribution in [0.25, 0.3) is 11.0 Å². The topological polar surface area (TPSA) is 70.7 Å². The summed E-state index contributed by atoms with van der Waals surface area (Å²) in [6, 6.07) is 21.3. The van der Waals surface area contributed by atoms with E-state index in [4.69, 9.17) is 0 Å². The molecule has 1 amide bonds. The molecular weight excluding hydrogens is 356 g/mol. The fourth-order valence-electron chi connectivity index (χ4n) is 2.78. The number of thioether (sulfide) groups is 1. The standard InChI is InChI=1S/C21H18N4OS/c26-20(23-13-16-8-5-6-12-22-16)17-9-2-1-7-15(17)14-27-21-24-18-10-3-4-11-19(18)25-21/h1-12H,13-14H2,(H,23,26)(H,24,25). The molecule has 0 aliphatic rings. The van der Waals surface area contributed by atoms with E-state index in [1.807, 2.05) is 66.7 Å². The first kappa shape index (κ1) is 17.3. The van der Waals surface area contributed by atoms with Gasteiger partial charge in [0.25, 0.3) is 5.91 Å². The van der Waals surface area contributed by atoms with Gasteiger partial charge in [-0.25, -0.2) is 4.98 Å². The van der Waals surface area contributed by atoms with Crippen molar-refractivity contribution in [2.75, 3.05) is 0 Å². The average molecular weight is 374 g/mol. The van der Waals surface area contributed by atoms with Gasteiger partial charge < -0.3 is 10.3 Å². The van der Waals surface area contributed by atoms with Crippen molar-refractivity contribution in [3.63, 3.8) is 0 Å². The molecule has 0 radical (unpaired) electrons. The van der Waals surface area contributed by atoms with E-state index in [9.17, 15) is 4.79 Å². The molecule has 0 unspecified atom stereocenters. The number of imidazole rings is 1. The van der Waals surface area contributed by atoms with Gasteiger partial charge in [0.1, 0.15) is 0 Å². The summed E-state index contributed by atoms with van der Waals surface area (Å²) in [5.41, 5.74) is 4.45. The fraction of sp³-hybridized carbons (Fsp3) is 0.0952. The highest BCUT2D eigenvalue weighted by Gasteiger charge is 2.12. The third kappa shape index (κ3) is 4.17. The number of hydrogen-bond donors (Lipinski definition) is 2. The minimum absolute atomic E-state index is 0.0959. The molecule has 134 valence electrons. The largest absolute Gasteiger partial charge is 0.346 e. The van der Waals surface area contributed by atoms with Crippen molar-refractivity contribution >= 4 is 28.7 Å². The summed E-state index contributed by atoms with van der Waals surface area (Å²) in [6.07, 6.45) is 1.72. The highest BCUT2D eigenvalue weighted by molar-refractivity contribution is 7.98. The van der Waals surface area contributed by atoms with E-state index in [0.717, 1.165) is 27.4 Å². The SMILES string of the molecule is O=C(NCc1ccccn1)c1ccccc1CSc1nc2ccccc2[nH]1.